The van der Waals surface area contributed by atoms with Crippen LogP contribution in [0, 0.1) is 28.6 Å². The Morgan fingerprint density at radius 3 is 2.74 bits per heavy atom. The van der Waals surface area contributed by atoms with E-state index in [0.29, 0.717) is 17.8 Å². The zero-order valence-electron chi connectivity index (χ0n) is 17.6. The van der Waals surface area contributed by atoms with E-state index in [2.05, 4.69) is 52.8 Å². The summed E-state index contributed by atoms with van der Waals surface area (Å²) in [6.45, 7) is 11.1. The van der Waals surface area contributed by atoms with Crippen LogP contribution >= 0.6 is 0 Å². The number of aliphatic hydroxyl groups is 1. The van der Waals surface area contributed by atoms with Gasteiger partial charge >= 0.3 is 0 Å². The normalized spacial score (nSPS) is 55.3. The molecule has 0 amide bonds. The monoisotopic (exact) mass is 372 g/mol. The predicted molar refractivity (Wildman–Crippen MR) is 106 cm³/mol. The van der Waals surface area contributed by atoms with E-state index in [4.69, 9.17) is 9.47 Å². The molecule has 0 unspecified atom stereocenters. The third kappa shape index (κ3) is 2.14. The number of allylic oxidation sites excluding steroid dienone is 4. The van der Waals surface area contributed by atoms with Crippen LogP contribution in [0.5, 0.6) is 0 Å². The molecule has 1 N–H and O–H groups in total. The minimum Gasteiger partial charge on any atom is -0.393 e. The van der Waals surface area contributed by atoms with Crippen molar-refractivity contribution in [2.45, 2.75) is 96.7 Å². The molecule has 3 heteroatoms. The first kappa shape index (κ1) is 18.4. The molecule has 0 aromatic heterocycles. The SMILES string of the molecule is CC[C@@]12OC(C)(C)O[C@@H]1C[C@H]1[C@@H]3CCC4=CCC=C[C@]4(C)[C@H]3[C@@H](O)C[C@@]12C. The van der Waals surface area contributed by atoms with Crippen LogP contribution in [-0.2, 0) is 9.47 Å². The lowest BCUT2D eigenvalue weighted by Crippen LogP contribution is -2.60. The largest absolute Gasteiger partial charge is 0.393 e. The van der Waals surface area contributed by atoms with Crippen molar-refractivity contribution in [3.05, 3.63) is 23.8 Å². The summed E-state index contributed by atoms with van der Waals surface area (Å²) < 4.78 is 13.1. The van der Waals surface area contributed by atoms with Crippen LogP contribution in [0.4, 0.5) is 0 Å². The first-order valence-electron chi connectivity index (χ1n) is 11.1. The molecule has 0 aromatic rings. The predicted octanol–water partition coefficient (Wildman–Crippen LogP) is 5.00. The molecule has 27 heavy (non-hydrogen) atoms. The summed E-state index contributed by atoms with van der Waals surface area (Å²) >= 11 is 0. The Bertz CT molecular complexity index is 708. The lowest BCUT2D eigenvalue weighted by atomic mass is 9.46. The van der Waals surface area contributed by atoms with E-state index in [0.717, 1.165) is 25.7 Å². The molecular weight excluding hydrogens is 336 g/mol. The van der Waals surface area contributed by atoms with Gasteiger partial charge < -0.3 is 14.6 Å². The van der Waals surface area contributed by atoms with Crippen molar-refractivity contribution in [1.82, 2.24) is 0 Å². The standard InChI is InChI=1S/C24H36O3/c1-6-24-19(26-21(2,3)27-24)13-17-16-11-10-15-9-7-8-12-22(15,4)20(16)18(25)14-23(17,24)5/h8-9,12,16-20,25H,6-7,10-11,13-14H2,1-5H3/t16-,17-,18-,19+,20+,22-,23-,24+/m0/s1. The smallest absolute Gasteiger partial charge is 0.164 e. The van der Waals surface area contributed by atoms with E-state index in [1.54, 1.807) is 5.57 Å². The number of aliphatic hydroxyl groups excluding tert-OH is 1. The van der Waals surface area contributed by atoms with Crippen molar-refractivity contribution < 1.29 is 14.6 Å². The van der Waals surface area contributed by atoms with Gasteiger partial charge in [0, 0.05) is 16.7 Å². The summed E-state index contributed by atoms with van der Waals surface area (Å²) in [5.41, 5.74) is 1.31. The first-order chi connectivity index (χ1) is 12.7. The Hall–Kier alpha value is -0.640. The number of fused-ring (bicyclic) bond motifs is 7. The summed E-state index contributed by atoms with van der Waals surface area (Å²) in [4.78, 5) is 0. The fourth-order valence-electron chi connectivity index (χ4n) is 8.36. The Morgan fingerprint density at radius 1 is 1.22 bits per heavy atom. The van der Waals surface area contributed by atoms with E-state index in [1.165, 1.54) is 12.8 Å². The Labute approximate surface area is 164 Å². The second kappa shape index (κ2) is 5.49. The molecule has 3 nitrogen and oxygen atoms in total. The number of ether oxygens (including phenoxy) is 2. The molecule has 1 heterocycles. The van der Waals surface area contributed by atoms with Gasteiger partial charge in [-0.2, -0.15) is 0 Å². The van der Waals surface area contributed by atoms with Gasteiger partial charge in [-0.25, -0.2) is 0 Å². The average Bonchev–Trinajstić information content (AvgIpc) is 2.99. The first-order valence-corrected chi connectivity index (χ1v) is 11.1. The molecule has 4 fully saturated rings. The average molecular weight is 373 g/mol. The molecule has 4 aliphatic carbocycles. The molecule has 0 spiro atoms. The molecular formula is C24H36O3. The van der Waals surface area contributed by atoms with Crippen LogP contribution in [-0.4, -0.2) is 28.7 Å². The Balaban J connectivity index is 1.57. The van der Waals surface area contributed by atoms with Crippen LogP contribution in [0.1, 0.15) is 73.1 Å². The number of hydrogen-bond donors (Lipinski definition) is 1. The van der Waals surface area contributed by atoms with Crippen molar-refractivity contribution in [2.24, 2.45) is 28.6 Å². The van der Waals surface area contributed by atoms with E-state index < -0.39 is 5.79 Å². The fourth-order valence-corrected chi connectivity index (χ4v) is 8.36. The molecule has 1 saturated heterocycles. The van der Waals surface area contributed by atoms with E-state index >= 15 is 0 Å². The quantitative estimate of drug-likeness (QED) is 0.659. The van der Waals surface area contributed by atoms with Crippen LogP contribution < -0.4 is 0 Å². The van der Waals surface area contributed by atoms with Crippen molar-refractivity contribution >= 4 is 0 Å². The Morgan fingerprint density at radius 2 is 2.00 bits per heavy atom. The topological polar surface area (TPSA) is 38.7 Å². The zero-order valence-corrected chi connectivity index (χ0v) is 17.6. The van der Waals surface area contributed by atoms with Gasteiger partial charge in [-0.3, -0.25) is 0 Å². The van der Waals surface area contributed by atoms with Gasteiger partial charge in [-0.15, -0.1) is 0 Å². The van der Waals surface area contributed by atoms with Crippen LogP contribution in [0.25, 0.3) is 0 Å². The lowest BCUT2D eigenvalue weighted by molar-refractivity contribution is -0.227. The minimum absolute atomic E-state index is 0.0171. The van der Waals surface area contributed by atoms with Gasteiger partial charge in [0.25, 0.3) is 0 Å². The summed E-state index contributed by atoms with van der Waals surface area (Å²) in [7, 11) is 0. The third-order valence-electron chi connectivity index (χ3n) is 9.27. The van der Waals surface area contributed by atoms with Crippen molar-refractivity contribution in [2.75, 3.05) is 0 Å². The minimum atomic E-state index is -0.517. The van der Waals surface area contributed by atoms with Crippen molar-refractivity contribution in [3.8, 4) is 0 Å². The van der Waals surface area contributed by atoms with Gasteiger partial charge in [-0.05, 0) is 64.2 Å². The highest BCUT2D eigenvalue weighted by Gasteiger charge is 2.73. The fraction of sp³-hybridized carbons (Fsp3) is 0.833. The third-order valence-corrected chi connectivity index (χ3v) is 9.27. The zero-order chi connectivity index (χ0) is 19.2. The molecule has 1 aliphatic heterocycles. The molecule has 5 rings (SSSR count). The van der Waals surface area contributed by atoms with Gasteiger partial charge in [0.2, 0.25) is 0 Å². The van der Waals surface area contributed by atoms with E-state index in [1.807, 2.05) is 0 Å². The van der Waals surface area contributed by atoms with Crippen molar-refractivity contribution in [3.63, 3.8) is 0 Å². The highest BCUT2D eigenvalue weighted by molar-refractivity contribution is 5.33. The maximum Gasteiger partial charge on any atom is 0.164 e. The van der Waals surface area contributed by atoms with E-state index in [-0.39, 0.29) is 28.6 Å². The summed E-state index contributed by atoms with van der Waals surface area (Å²) in [5.74, 6) is 0.929. The number of rotatable bonds is 1. The summed E-state index contributed by atoms with van der Waals surface area (Å²) in [6.07, 6.45) is 13.3. The lowest BCUT2D eigenvalue weighted by Gasteiger charge is -2.60. The van der Waals surface area contributed by atoms with Crippen LogP contribution in [0.3, 0.4) is 0 Å². The van der Waals surface area contributed by atoms with Crippen LogP contribution in [0.15, 0.2) is 23.8 Å². The molecule has 0 radical (unpaired) electrons. The Kier molecular flexibility index (Phi) is 3.74. The summed E-state index contributed by atoms with van der Waals surface area (Å²) in [6, 6.07) is 0. The molecule has 0 aromatic carbocycles. The van der Waals surface area contributed by atoms with Gasteiger partial charge in [-0.1, -0.05) is 44.6 Å². The van der Waals surface area contributed by atoms with Gasteiger partial charge in [0.05, 0.1) is 12.2 Å². The molecule has 8 atom stereocenters. The maximum absolute atomic E-state index is 11.5. The van der Waals surface area contributed by atoms with Crippen LogP contribution in [0.2, 0.25) is 0 Å². The molecule has 150 valence electrons. The highest BCUT2D eigenvalue weighted by atomic mass is 16.8. The maximum atomic E-state index is 11.5. The molecule has 5 aliphatic rings. The molecule has 0 bridgehead atoms. The van der Waals surface area contributed by atoms with E-state index in [9.17, 15) is 5.11 Å². The van der Waals surface area contributed by atoms with Crippen molar-refractivity contribution in [1.29, 1.82) is 0 Å². The van der Waals surface area contributed by atoms with Gasteiger partial charge in [0.15, 0.2) is 5.79 Å². The highest BCUT2D eigenvalue weighted by Crippen LogP contribution is 2.70. The number of hydrogen-bond acceptors (Lipinski definition) is 3. The summed E-state index contributed by atoms with van der Waals surface area (Å²) in [5, 5.41) is 11.5. The molecule has 3 saturated carbocycles. The second-order valence-corrected chi connectivity index (χ2v) is 10.8. The second-order valence-electron chi connectivity index (χ2n) is 10.8. The van der Waals surface area contributed by atoms with Gasteiger partial charge in [0.1, 0.15) is 5.60 Å².